The van der Waals surface area contributed by atoms with E-state index >= 15 is 0 Å². The summed E-state index contributed by atoms with van der Waals surface area (Å²) < 4.78 is 0. The van der Waals surface area contributed by atoms with Crippen molar-refractivity contribution in [2.75, 3.05) is 13.1 Å². The van der Waals surface area contributed by atoms with Crippen LogP contribution in [0.2, 0.25) is 0 Å². The fraction of sp³-hybridized carbons (Fsp3) is 0.556. The number of hydrogen-bond acceptors (Lipinski definition) is 9. The highest BCUT2D eigenvalue weighted by molar-refractivity contribution is 5.96. The number of nitrogens with zero attached hydrogens (tertiary/aromatic N) is 3. The molecule has 1 aromatic rings. The van der Waals surface area contributed by atoms with Gasteiger partial charge in [0.2, 0.25) is 23.8 Å². The van der Waals surface area contributed by atoms with Gasteiger partial charge in [0.05, 0.1) is 12.0 Å². The van der Waals surface area contributed by atoms with E-state index in [1.807, 2.05) is 0 Å². The molecular formula is C27H40N8O9. The number of carboxylic acid groups (broad SMARTS) is 2. The lowest BCUT2D eigenvalue weighted by atomic mass is 9.90. The first-order valence-corrected chi connectivity index (χ1v) is 14.0. The third-order valence-electron chi connectivity index (χ3n) is 7.29. The first-order chi connectivity index (χ1) is 20.6. The molecule has 2 unspecified atom stereocenters. The van der Waals surface area contributed by atoms with Crippen LogP contribution in [0.15, 0.2) is 35.3 Å². The molecule has 0 aliphatic carbocycles. The van der Waals surface area contributed by atoms with Gasteiger partial charge in [0.25, 0.3) is 0 Å². The van der Waals surface area contributed by atoms with Crippen LogP contribution in [0.3, 0.4) is 0 Å². The fourth-order valence-corrected chi connectivity index (χ4v) is 4.92. The first kappa shape index (κ1) is 35.4. The van der Waals surface area contributed by atoms with Crippen LogP contribution in [0, 0.1) is 22.0 Å². The number of nitrogens with two attached hydrogens (primary N) is 3. The molecule has 1 fully saturated rings. The predicted octanol–water partition coefficient (Wildman–Crippen LogP) is -1.73. The Hall–Kier alpha value is -4.80. The molecule has 10 N–H and O–H groups in total. The monoisotopic (exact) mass is 620 g/mol. The predicted molar refractivity (Wildman–Crippen MR) is 156 cm³/mol. The van der Waals surface area contributed by atoms with Crippen molar-refractivity contribution in [3.63, 3.8) is 0 Å². The van der Waals surface area contributed by atoms with E-state index in [4.69, 9.17) is 17.2 Å². The summed E-state index contributed by atoms with van der Waals surface area (Å²) in [6, 6.07) is 1.33. The van der Waals surface area contributed by atoms with E-state index in [1.165, 1.54) is 0 Å². The molecular weight excluding hydrogens is 580 g/mol. The number of nitro groups is 1. The van der Waals surface area contributed by atoms with Crippen molar-refractivity contribution in [3.05, 3.63) is 46.0 Å². The third-order valence-corrected chi connectivity index (χ3v) is 7.29. The van der Waals surface area contributed by atoms with Gasteiger partial charge in [-0.15, -0.1) is 0 Å². The highest BCUT2D eigenvalue weighted by Crippen LogP contribution is 2.21. The lowest BCUT2D eigenvalue weighted by Gasteiger charge is -2.31. The molecule has 0 aromatic heterocycles. The zero-order valence-corrected chi connectivity index (χ0v) is 24.5. The average Bonchev–Trinajstić information content (AvgIpc) is 3.45. The Morgan fingerprint density at radius 1 is 1.07 bits per heavy atom. The molecule has 3 amide bonds. The summed E-state index contributed by atoms with van der Waals surface area (Å²) in [6.07, 6.45) is -0.0982. The van der Waals surface area contributed by atoms with Gasteiger partial charge in [-0.05, 0) is 30.7 Å². The maximum absolute atomic E-state index is 13.5. The standard InChI is InChI=1S/C27H40N8O9/c1-14(2)20(26(41)42)32-23(37)21(17(25(39)40)11-15-7-4-3-5-8-15)33-22(36)19-9-6-10-34(19)24(38)18(28)12-16(35(43)44)13-31-27(29)30/h3-5,7-8,14,16-21H,6,9-13,28H2,1-2H3,(H,32,37)(H,33,36)(H,39,40)(H,41,42)(H4,29,30,31)/t16?,17?,18-,19-,20-,21-/m0/s1. The van der Waals surface area contributed by atoms with Crippen LogP contribution in [-0.2, 0) is 30.4 Å². The van der Waals surface area contributed by atoms with E-state index in [0.29, 0.717) is 12.0 Å². The number of carboxylic acids is 2. The van der Waals surface area contributed by atoms with E-state index in [9.17, 15) is 44.3 Å². The van der Waals surface area contributed by atoms with E-state index in [1.54, 1.807) is 44.2 Å². The van der Waals surface area contributed by atoms with Crippen molar-refractivity contribution in [1.29, 1.82) is 0 Å². The number of carbonyl (C=O) groups excluding carboxylic acids is 3. The number of likely N-dealkylation sites (tertiary alicyclic amines) is 1. The maximum Gasteiger partial charge on any atom is 0.326 e. The Kier molecular flexibility index (Phi) is 13.0. The molecule has 1 saturated heterocycles. The van der Waals surface area contributed by atoms with Crippen molar-refractivity contribution in [2.45, 2.75) is 69.7 Å². The minimum atomic E-state index is -1.72. The maximum atomic E-state index is 13.5. The highest BCUT2D eigenvalue weighted by Gasteiger charge is 2.42. The summed E-state index contributed by atoms with van der Waals surface area (Å²) in [5.41, 5.74) is 17.0. The van der Waals surface area contributed by atoms with Gasteiger partial charge < -0.3 is 42.9 Å². The minimum absolute atomic E-state index is 0.0827. The zero-order chi connectivity index (χ0) is 33.1. The number of nitrogens with one attached hydrogen (secondary N) is 2. The Morgan fingerprint density at radius 3 is 2.23 bits per heavy atom. The van der Waals surface area contributed by atoms with Crippen molar-refractivity contribution in [2.24, 2.45) is 34.0 Å². The zero-order valence-electron chi connectivity index (χ0n) is 24.5. The highest BCUT2D eigenvalue weighted by atomic mass is 16.6. The van der Waals surface area contributed by atoms with Crippen LogP contribution >= 0.6 is 0 Å². The molecule has 44 heavy (non-hydrogen) atoms. The SMILES string of the molecule is CC(C)[C@H](NC(=O)[C@@H](NC(=O)[C@@H]1CCCN1C(=O)[C@@H](N)CC(CN=C(N)N)[N+](=O)[O-])C(Cc1ccccc1)C(=O)O)C(=O)O. The second-order valence-corrected chi connectivity index (χ2v) is 10.9. The lowest BCUT2D eigenvalue weighted by Crippen LogP contribution is -2.60. The smallest absolute Gasteiger partial charge is 0.326 e. The number of rotatable bonds is 16. The summed E-state index contributed by atoms with van der Waals surface area (Å²) in [5.74, 6) is -7.85. The molecule has 2 rings (SSSR count). The number of aliphatic carboxylic acids is 2. The number of hydrogen-bond donors (Lipinski definition) is 7. The van der Waals surface area contributed by atoms with Gasteiger partial charge in [0, 0.05) is 17.9 Å². The molecule has 17 nitrogen and oxygen atoms in total. The topological polar surface area (TPSA) is 287 Å². The number of carbonyl (C=O) groups is 5. The van der Waals surface area contributed by atoms with Crippen molar-refractivity contribution >= 4 is 35.6 Å². The summed E-state index contributed by atoms with van der Waals surface area (Å²) in [5, 5.41) is 35.9. The fourth-order valence-electron chi connectivity index (χ4n) is 4.92. The molecule has 0 spiro atoms. The first-order valence-electron chi connectivity index (χ1n) is 14.0. The molecule has 1 aliphatic heterocycles. The van der Waals surface area contributed by atoms with Gasteiger partial charge in [0.15, 0.2) is 5.96 Å². The van der Waals surface area contributed by atoms with E-state index in [2.05, 4.69) is 15.6 Å². The molecule has 0 radical (unpaired) electrons. The van der Waals surface area contributed by atoms with Gasteiger partial charge in [-0.25, -0.2) is 9.79 Å². The van der Waals surface area contributed by atoms with Gasteiger partial charge in [-0.1, -0.05) is 44.2 Å². The Balaban J connectivity index is 2.33. The van der Waals surface area contributed by atoms with E-state index in [0.717, 1.165) is 4.90 Å². The summed E-state index contributed by atoms with van der Waals surface area (Å²) in [6.45, 7) is 2.77. The number of guanidine groups is 1. The van der Waals surface area contributed by atoms with Gasteiger partial charge in [-0.3, -0.25) is 29.3 Å². The summed E-state index contributed by atoms with van der Waals surface area (Å²) in [4.78, 5) is 79.9. The van der Waals surface area contributed by atoms with Crippen LogP contribution in [0.5, 0.6) is 0 Å². The summed E-state index contributed by atoms with van der Waals surface area (Å²) in [7, 11) is 0. The molecule has 6 atom stereocenters. The summed E-state index contributed by atoms with van der Waals surface area (Å²) >= 11 is 0. The number of benzene rings is 1. The van der Waals surface area contributed by atoms with Crippen LogP contribution in [0.1, 0.15) is 38.7 Å². The Bertz CT molecular complexity index is 1240. The second kappa shape index (κ2) is 16.2. The second-order valence-electron chi connectivity index (χ2n) is 10.9. The van der Waals surface area contributed by atoms with Crippen LogP contribution in [0.4, 0.5) is 0 Å². The molecule has 1 heterocycles. The van der Waals surface area contributed by atoms with Crippen molar-refractivity contribution in [1.82, 2.24) is 15.5 Å². The lowest BCUT2D eigenvalue weighted by molar-refractivity contribution is -0.520. The Labute approximate surface area is 253 Å². The molecule has 1 aliphatic rings. The molecule has 0 saturated carbocycles. The van der Waals surface area contributed by atoms with Crippen LogP contribution < -0.4 is 27.8 Å². The van der Waals surface area contributed by atoms with Crippen LogP contribution in [-0.4, -0.2) is 99.0 Å². The quantitative estimate of drug-likeness (QED) is 0.0469. The van der Waals surface area contributed by atoms with E-state index in [-0.39, 0.29) is 25.3 Å². The molecule has 17 heteroatoms. The van der Waals surface area contributed by atoms with E-state index < -0.39 is 89.6 Å². The van der Waals surface area contributed by atoms with Crippen LogP contribution in [0.25, 0.3) is 0 Å². The third kappa shape index (κ3) is 9.89. The Morgan fingerprint density at radius 2 is 1.70 bits per heavy atom. The van der Waals surface area contributed by atoms with Crippen molar-refractivity contribution < 1.29 is 39.1 Å². The number of aliphatic imine (C=N–C) groups is 1. The largest absolute Gasteiger partial charge is 0.481 e. The number of amides is 3. The average molecular weight is 621 g/mol. The minimum Gasteiger partial charge on any atom is -0.481 e. The van der Waals surface area contributed by atoms with Gasteiger partial charge in [-0.2, -0.15) is 0 Å². The molecule has 0 bridgehead atoms. The molecule has 242 valence electrons. The van der Waals surface area contributed by atoms with Gasteiger partial charge in [0.1, 0.15) is 24.7 Å². The van der Waals surface area contributed by atoms with Gasteiger partial charge >= 0.3 is 11.9 Å². The van der Waals surface area contributed by atoms with Crippen molar-refractivity contribution in [3.8, 4) is 0 Å². The molecule has 1 aromatic carbocycles. The normalized spacial score (nSPS) is 17.9.